The highest BCUT2D eigenvalue weighted by Gasteiger charge is 2.04. The number of nitrogens with zero attached hydrogens (tertiary/aromatic N) is 4. The molecule has 0 aliphatic rings. The van der Waals surface area contributed by atoms with Gasteiger partial charge < -0.3 is 5.32 Å². The molecule has 0 unspecified atom stereocenters. The summed E-state index contributed by atoms with van der Waals surface area (Å²) in [7, 11) is 0. The SMILES string of the molecule is CCNc1cc(-n2ccnc2CC)ncn1. The molecule has 0 fully saturated rings. The maximum atomic E-state index is 4.27. The molecule has 2 aromatic rings. The van der Waals surface area contributed by atoms with Crippen LogP contribution in [-0.2, 0) is 6.42 Å². The van der Waals surface area contributed by atoms with Gasteiger partial charge in [-0.1, -0.05) is 6.92 Å². The van der Waals surface area contributed by atoms with Gasteiger partial charge in [-0.25, -0.2) is 15.0 Å². The van der Waals surface area contributed by atoms with Crippen LogP contribution in [-0.4, -0.2) is 26.1 Å². The molecule has 0 bridgehead atoms. The lowest BCUT2D eigenvalue weighted by atomic mass is 10.4. The lowest BCUT2D eigenvalue weighted by Crippen LogP contribution is -2.05. The fourth-order valence-electron chi connectivity index (χ4n) is 1.56. The number of hydrogen-bond acceptors (Lipinski definition) is 4. The maximum Gasteiger partial charge on any atom is 0.143 e. The number of nitrogens with one attached hydrogen (secondary N) is 1. The Bertz CT molecular complexity index is 463. The first-order valence-corrected chi connectivity index (χ1v) is 5.43. The lowest BCUT2D eigenvalue weighted by Gasteiger charge is -2.07. The molecule has 5 nitrogen and oxygen atoms in total. The van der Waals surface area contributed by atoms with Crippen LogP contribution in [0.15, 0.2) is 24.8 Å². The molecule has 0 aliphatic carbocycles. The van der Waals surface area contributed by atoms with Crippen molar-refractivity contribution in [1.29, 1.82) is 0 Å². The van der Waals surface area contributed by atoms with Crippen molar-refractivity contribution in [3.05, 3.63) is 30.6 Å². The van der Waals surface area contributed by atoms with Gasteiger partial charge in [0.1, 0.15) is 23.8 Å². The fraction of sp³-hybridized carbons (Fsp3) is 0.364. The second-order valence-corrected chi connectivity index (χ2v) is 3.36. The normalized spacial score (nSPS) is 10.4. The molecule has 5 heteroatoms. The molecule has 0 atom stereocenters. The topological polar surface area (TPSA) is 55.6 Å². The summed E-state index contributed by atoms with van der Waals surface area (Å²) >= 11 is 0. The van der Waals surface area contributed by atoms with Crippen molar-refractivity contribution in [3.63, 3.8) is 0 Å². The van der Waals surface area contributed by atoms with Crippen molar-refractivity contribution in [2.24, 2.45) is 0 Å². The van der Waals surface area contributed by atoms with Gasteiger partial charge in [0.05, 0.1) is 0 Å². The average Bonchev–Trinajstić information content (AvgIpc) is 2.78. The van der Waals surface area contributed by atoms with E-state index in [4.69, 9.17) is 0 Å². The van der Waals surface area contributed by atoms with E-state index in [1.54, 1.807) is 12.5 Å². The van der Waals surface area contributed by atoms with E-state index in [0.29, 0.717) is 0 Å². The number of rotatable bonds is 4. The molecule has 0 radical (unpaired) electrons. The van der Waals surface area contributed by atoms with Crippen LogP contribution >= 0.6 is 0 Å². The van der Waals surface area contributed by atoms with E-state index in [1.807, 2.05) is 23.8 Å². The van der Waals surface area contributed by atoms with Crippen LogP contribution in [0.1, 0.15) is 19.7 Å². The summed E-state index contributed by atoms with van der Waals surface area (Å²) in [6, 6.07) is 1.92. The van der Waals surface area contributed by atoms with E-state index in [0.717, 1.165) is 30.4 Å². The highest BCUT2D eigenvalue weighted by molar-refractivity contribution is 5.40. The number of aryl methyl sites for hydroxylation is 1. The molecule has 0 aromatic carbocycles. The molecule has 0 saturated carbocycles. The smallest absolute Gasteiger partial charge is 0.143 e. The summed E-state index contributed by atoms with van der Waals surface area (Å²) in [6.07, 6.45) is 6.14. The van der Waals surface area contributed by atoms with Gasteiger partial charge in [-0.2, -0.15) is 0 Å². The Kier molecular flexibility index (Phi) is 3.14. The van der Waals surface area contributed by atoms with E-state index in [1.165, 1.54) is 0 Å². The van der Waals surface area contributed by atoms with Crippen molar-refractivity contribution in [3.8, 4) is 5.82 Å². The van der Waals surface area contributed by atoms with E-state index in [-0.39, 0.29) is 0 Å². The quantitative estimate of drug-likeness (QED) is 0.846. The van der Waals surface area contributed by atoms with Gasteiger partial charge in [-0.3, -0.25) is 4.57 Å². The maximum absolute atomic E-state index is 4.27. The van der Waals surface area contributed by atoms with Crippen molar-refractivity contribution in [1.82, 2.24) is 19.5 Å². The van der Waals surface area contributed by atoms with Crippen LogP contribution in [0.3, 0.4) is 0 Å². The molecule has 0 amide bonds. The fourth-order valence-corrected chi connectivity index (χ4v) is 1.56. The Morgan fingerprint density at radius 1 is 1.25 bits per heavy atom. The Morgan fingerprint density at radius 3 is 2.88 bits per heavy atom. The third-order valence-electron chi connectivity index (χ3n) is 2.29. The molecule has 2 aromatic heterocycles. The minimum absolute atomic E-state index is 0.836. The third kappa shape index (κ3) is 2.03. The Morgan fingerprint density at radius 2 is 2.12 bits per heavy atom. The number of aromatic nitrogens is 4. The summed E-state index contributed by atoms with van der Waals surface area (Å²) in [5.74, 6) is 2.68. The van der Waals surface area contributed by atoms with Crippen molar-refractivity contribution in [2.45, 2.75) is 20.3 Å². The zero-order valence-corrected chi connectivity index (χ0v) is 9.51. The van der Waals surface area contributed by atoms with Crippen LogP contribution in [0, 0.1) is 0 Å². The summed E-state index contributed by atoms with van der Waals surface area (Å²) < 4.78 is 1.97. The molecule has 0 spiro atoms. The zero-order valence-electron chi connectivity index (χ0n) is 9.51. The number of imidazole rings is 1. The van der Waals surface area contributed by atoms with Crippen LogP contribution in [0.2, 0.25) is 0 Å². The first kappa shape index (κ1) is 10.6. The van der Waals surface area contributed by atoms with E-state index < -0.39 is 0 Å². The van der Waals surface area contributed by atoms with Crippen LogP contribution in [0.4, 0.5) is 5.82 Å². The molecule has 84 valence electrons. The monoisotopic (exact) mass is 217 g/mol. The summed E-state index contributed by atoms with van der Waals surface area (Å²) in [5.41, 5.74) is 0. The highest BCUT2D eigenvalue weighted by atomic mass is 15.1. The first-order valence-electron chi connectivity index (χ1n) is 5.43. The molecule has 2 heterocycles. The molecule has 0 saturated heterocycles. The van der Waals surface area contributed by atoms with Crippen molar-refractivity contribution >= 4 is 5.82 Å². The summed E-state index contributed by atoms with van der Waals surface area (Å²) in [6.45, 7) is 4.96. The largest absolute Gasteiger partial charge is 0.370 e. The van der Waals surface area contributed by atoms with Crippen LogP contribution < -0.4 is 5.32 Å². The van der Waals surface area contributed by atoms with Crippen molar-refractivity contribution < 1.29 is 0 Å². The van der Waals surface area contributed by atoms with E-state index in [9.17, 15) is 0 Å². The molecule has 2 rings (SSSR count). The van der Waals surface area contributed by atoms with Gasteiger partial charge in [-0.05, 0) is 6.92 Å². The molecule has 1 N–H and O–H groups in total. The Labute approximate surface area is 94.6 Å². The zero-order chi connectivity index (χ0) is 11.4. The van der Waals surface area contributed by atoms with Crippen LogP contribution in [0.25, 0.3) is 5.82 Å². The van der Waals surface area contributed by atoms with Crippen LogP contribution in [0.5, 0.6) is 0 Å². The minimum Gasteiger partial charge on any atom is -0.370 e. The summed E-state index contributed by atoms with van der Waals surface area (Å²) in [4.78, 5) is 12.7. The first-order chi connectivity index (χ1) is 7.85. The van der Waals surface area contributed by atoms with Gasteiger partial charge in [-0.15, -0.1) is 0 Å². The van der Waals surface area contributed by atoms with Gasteiger partial charge in [0.25, 0.3) is 0 Å². The third-order valence-corrected chi connectivity index (χ3v) is 2.29. The standard InChI is InChI=1S/C11H15N5/c1-3-10-13-5-6-16(10)11-7-9(12-4-2)14-8-15-11/h5-8H,3-4H2,1-2H3,(H,12,14,15). The predicted molar refractivity (Wildman–Crippen MR) is 62.7 cm³/mol. The highest BCUT2D eigenvalue weighted by Crippen LogP contribution is 2.11. The van der Waals surface area contributed by atoms with Gasteiger partial charge in [0.15, 0.2) is 0 Å². The number of anilines is 1. The van der Waals surface area contributed by atoms with E-state index in [2.05, 4.69) is 27.2 Å². The minimum atomic E-state index is 0.836. The average molecular weight is 217 g/mol. The predicted octanol–water partition coefficient (Wildman–Crippen LogP) is 1.66. The molecular formula is C11H15N5. The Balaban J connectivity index is 2.36. The number of hydrogen-bond donors (Lipinski definition) is 1. The second-order valence-electron chi connectivity index (χ2n) is 3.36. The summed E-state index contributed by atoms with van der Waals surface area (Å²) in [5, 5.41) is 3.16. The van der Waals surface area contributed by atoms with Gasteiger partial charge in [0, 0.05) is 31.4 Å². The molecule has 0 aliphatic heterocycles. The Hall–Kier alpha value is -1.91. The van der Waals surface area contributed by atoms with Crippen molar-refractivity contribution in [2.75, 3.05) is 11.9 Å². The van der Waals surface area contributed by atoms with Gasteiger partial charge in [0.2, 0.25) is 0 Å². The lowest BCUT2D eigenvalue weighted by molar-refractivity contribution is 0.861. The van der Waals surface area contributed by atoms with E-state index >= 15 is 0 Å². The molecule has 16 heavy (non-hydrogen) atoms. The van der Waals surface area contributed by atoms with Gasteiger partial charge >= 0.3 is 0 Å². The second kappa shape index (κ2) is 4.74. The molecular weight excluding hydrogens is 202 g/mol.